The molecule has 126 valence electrons. The van der Waals surface area contributed by atoms with Gasteiger partial charge in [-0.3, -0.25) is 9.59 Å². The second-order valence-corrected chi connectivity index (χ2v) is 6.48. The predicted molar refractivity (Wildman–Crippen MR) is 83.8 cm³/mol. The van der Waals surface area contributed by atoms with E-state index in [1.165, 1.54) is 12.1 Å². The largest absolute Gasteiger partial charge is 0.432 e. The lowest BCUT2D eigenvalue weighted by Crippen LogP contribution is -2.35. The highest BCUT2D eigenvalue weighted by Crippen LogP contribution is 2.46. The third kappa shape index (κ3) is 3.06. The Bertz CT molecular complexity index is 730. The summed E-state index contributed by atoms with van der Waals surface area (Å²) < 4.78 is 31.6. The van der Waals surface area contributed by atoms with Crippen molar-refractivity contribution in [3.63, 3.8) is 0 Å². The average molecular weight is 332 g/mol. The van der Waals surface area contributed by atoms with E-state index in [2.05, 4.69) is 11.8 Å². The number of carbonyl (C=O) groups is 2. The molecule has 0 aromatic heterocycles. The summed E-state index contributed by atoms with van der Waals surface area (Å²) in [5.74, 6) is 3.67. The summed E-state index contributed by atoms with van der Waals surface area (Å²) in [5, 5.41) is 0. The van der Waals surface area contributed by atoms with Gasteiger partial charge in [0, 0.05) is 29.9 Å². The number of hydrogen-bond acceptors (Lipinski definition) is 3. The maximum Gasteiger partial charge on any atom is 0.394 e. The predicted octanol–water partition coefficient (Wildman–Crippen LogP) is 3.70. The molecular formula is C19H18F2O3. The zero-order valence-electron chi connectivity index (χ0n) is 13.6. The maximum atomic E-state index is 13.4. The Balaban J connectivity index is 2.06. The first-order chi connectivity index (χ1) is 11.3. The molecule has 2 atom stereocenters. The number of hydrogen-bond donors (Lipinski definition) is 0. The van der Waals surface area contributed by atoms with Gasteiger partial charge in [0.1, 0.15) is 11.7 Å². The number of benzene rings is 1. The van der Waals surface area contributed by atoms with Gasteiger partial charge in [-0.2, -0.15) is 8.78 Å². The molecule has 2 aliphatic rings. The lowest BCUT2D eigenvalue weighted by atomic mass is 9.75. The van der Waals surface area contributed by atoms with Crippen LogP contribution in [0.2, 0.25) is 0 Å². The summed E-state index contributed by atoms with van der Waals surface area (Å²) in [6, 6.07) is 4.52. The van der Waals surface area contributed by atoms with Crippen LogP contribution in [0.25, 0.3) is 0 Å². The van der Waals surface area contributed by atoms with Crippen LogP contribution in [0.1, 0.15) is 50.2 Å². The lowest BCUT2D eigenvalue weighted by molar-refractivity contribution is -0.160. The van der Waals surface area contributed by atoms with E-state index in [1.54, 1.807) is 13.0 Å². The molecule has 2 aliphatic carbocycles. The van der Waals surface area contributed by atoms with Crippen molar-refractivity contribution < 1.29 is 23.1 Å². The highest BCUT2D eigenvalue weighted by molar-refractivity contribution is 6.12. The van der Waals surface area contributed by atoms with Gasteiger partial charge in [-0.05, 0) is 38.3 Å². The van der Waals surface area contributed by atoms with E-state index in [4.69, 9.17) is 4.74 Å². The first kappa shape index (κ1) is 16.6. The smallest absolute Gasteiger partial charge is 0.394 e. The van der Waals surface area contributed by atoms with Crippen LogP contribution in [0.4, 0.5) is 8.78 Å². The SMILES string of the molecule is CC#Cc1ccc(C2C(=O)C3CCC(C3)C2=O)c(OC(C)(F)F)c1. The van der Waals surface area contributed by atoms with Gasteiger partial charge in [-0.15, -0.1) is 5.92 Å². The Morgan fingerprint density at radius 2 is 1.79 bits per heavy atom. The molecule has 0 radical (unpaired) electrons. The fourth-order valence-electron chi connectivity index (χ4n) is 3.69. The van der Waals surface area contributed by atoms with Crippen LogP contribution in [0, 0.1) is 23.7 Å². The van der Waals surface area contributed by atoms with E-state index in [9.17, 15) is 18.4 Å². The van der Waals surface area contributed by atoms with E-state index in [1.807, 2.05) is 0 Å². The van der Waals surface area contributed by atoms with Crippen molar-refractivity contribution in [2.75, 3.05) is 0 Å². The van der Waals surface area contributed by atoms with Crippen LogP contribution in [0.5, 0.6) is 5.75 Å². The van der Waals surface area contributed by atoms with Gasteiger partial charge >= 0.3 is 6.11 Å². The Labute approximate surface area is 139 Å². The van der Waals surface area contributed by atoms with Crippen molar-refractivity contribution in [2.24, 2.45) is 11.8 Å². The second kappa shape index (κ2) is 6.01. The lowest BCUT2D eigenvalue weighted by Gasteiger charge is -2.27. The number of alkyl halides is 2. The fourth-order valence-corrected chi connectivity index (χ4v) is 3.69. The average Bonchev–Trinajstić information content (AvgIpc) is 2.93. The van der Waals surface area contributed by atoms with Crippen molar-refractivity contribution >= 4 is 11.6 Å². The zero-order valence-corrected chi connectivity index (χ0v) is 13.6. The summed E-state index contributed by atoms with van der Waals surface area (Å²) in [5.41, 5.74) is 0.726. The van der Waals surface area contributed by atoms with Crippen molar-refractivity contribution in [1.29, 1.82) is 0 Å². The Kier molecular flexibility index (Phi) is 4.16. The van der Waals surface area contributed by atoms with Crippen LogP contribution in [0.15, 0.2) is 18.2 Å². The van der Waals surface area contributed by atoms with Gasteiger partial charge in [-0.1, -0.05) is 12.0 Å². The van der Waals surface area contributed by atoms with Crippen LogP contribution in [-0.2, 0) is 9.59 Å². The molecule has 3 nitrogen and oxygen atoms in total. The van der Waals surface area contributed by atoms with Gasteiger partial charge in [0.15, 0.2) is 11.6 Å². The van der Waals surface area contributed by atoms with E-state index >= 15 is 0 Å². The number of carbonyl (C=O) groups excluding carboxylic acids is 2. The molecular weight excluding hydrogens is 314 g/mol. The van der Waals surface area contributed by atoms with Crippen molar-refractivity contribution in [2.45, 2.75) is 45.1 Å². The maximum absolute atomic E-state index is 13.4. The van der Waals surface area contributed by atoms with Crippen molar-refractivity contribution in [3.05, 3.63) is 29.3 Å². The second-order valence-electron chi connectivity index (χ2n) is 6.48. The molecule has 2 saturated carbocycles. The van der Waals surface area contributed by atoms with E-state index in [0.29, 0.717) is 31.7 Å². The van der Waals surface area contributed by atoms with E-state index < -0.39 is 12.0 Å². The topological polar surface area (TPSA) is 43.4 Å². The molecule has 1 aromatic carbocycles. The molecule has 2 unspecified atom stereocenters. The minimum atomic E-state index is -3.41. The Hall–Kier alpha value is -2.22. The van der Waals surface area contributed by atoms with Crippen molar-refractivity contribution in [3.8, 4) is 17.6 Å². The molecule has 24 heavy (non-hydrogen) atoms. The molecule has 0 spiro atoms. The quantitative estimate of drug-likeness (QED) is 0.626. The van der Waals surface area contributed by atoms with Crippen LogP contribution < -0.4 is 4.74 Å². The Morgan fingerprint density at radius 3 is 2.33 bits per heavy atom. The molecule has 0 saturated heterocycles. The molecule has 0 N–H and O–H groups in total. The van der Waals surface area contributed by atoms with Gasteiger partial charge in [-0.25, -0.2) is 0 Å². The first-order valence-electron chi connectivity index (χ1n) is 8.01. The molecule has 1 aromatic rings. The van der Waals surface area contributed by atoms with Crippen LogP contribution >= 0.6 is 0 Å². The number of halogens is 2. The molecule has 0 amide bonds. The fraction of sp³-hybridized carbons (Fsp3) is 0.474. The van der Waals surface area contributed by atoms with Gasteiger partial charge in [0.25, 0.3) is 0 Å². The molecule has 2 fully saturated rings. The molecule has 2 bridgehead atoms. The summed E-state index contributed by atoms with van der Waals surface area (Å²) in [6.07, 6.45) is -1.42. The number of Topliss-reactive ketones (excluding diaryl/α,β-unsaturated/α-hetero) is 2. The number of ether oxygens (including phenoxy) is 1. The number of ketones is 2. The van der Waals surface area contributed by atoms with Crippen molar-refractivity contribution in [1.82, 2.24) is 0 Å². The third-order valence-corrected chi connectivity index (χ3v) is 4.69. The highest BCUT2D eigenvalue weighted by Gasteiger charge is 2.48. The van der Waals surface area contributed by atoms with Crippen LogP contribution in [0.3, 0.4) is 0 Å². The van der Waals surface area contributed by atoms with Gasteiger partial charge in [0.05, 0.1) is 0 Å². The monoisotopic (exact) mass is 332 g/mol. The third-order valence-electron chi connectivity index (χ3n) is 4.69. The number of fused-ring (bicyclic) bond motifs is 2. The highest BCUT2D eigenvalue weighted by atomic mass is 19.3. The van der Waals surface area contributed by atoms with Crippen LogP contribution in [-0.4, -0.2) is 17.7 Å². The molecule has 0 aliphatic heterocycles. The standard InChI is InChI=1S/C19H18F2O3/c1-3-4-11-5-8-14(15(9-11)24-19(2,20)21)16-17(22)12-6-7-13(10-12)18(16)23/h5,8-9,12-13,16H,6-7,10H2,1-2H3. The molecule has 5 heteroatoms. The molecule has 0 heterocycles. The van der Waals surface area contributed by atoms with E-state index in [-0.39, 0.29) is 34.7 Å². The number of rotatable bonds is 3. The minimum absolute atomic E-state index is 0.143. The minimum Gasteiger partial charge on any atom is -0.432 e. The van der Waals surface area contributed by atoms with Gasteiger partial charge in [0.2, 0.25) is 0 Å². The van der Waals surface area contributed by atoms with E-state index in [0.717, 1.165) is 0 Å². The molecule has 3 rings (SSSR count). The van der Waals surface area contributed by atoms with Gasteiger partial charge < -0.3 is 4.74 Å². The normalized spacial score (nSPS) is 26.1. The Morgan fingerprint density at radius 1 is 1.17 bits per heavy atom. The summed E-state index contributed by atoms with van der Waals surface area (Å²) in [7, 11) is 0. The summed E-state index contributed by atoms with van der Waals surface area (Å²) in [6.45, 7) is 2.26. The zero-order chi connectivity index (χ0) is 17.5. The summed E-state index contributed by atoms with van der Waals surface area (Å²) in [4.78, 5) is 25.3. The first-order valence-corrected chi connectivity index (χ1v) is 8.01. The summed E-state index contributed by atoms with van der Waals surface area (Å²) >= 11 is 0.